The molecular formula is C33H46LiN. The largest absolute Gasteiger partial charge is 1.00 e. The molecule has 0 N–H and O–H groups in total. The first-order valence-corrected chi connectivity index (χ1v) is 14.8. The van der Waals surface area contributed by atoms with Crippen molar-refractivity contribution in [1.82, 2.24) is 4.90 Å². The van der Waals surface area contributed by atoms with Crippen LogP contribution in [0.5, 0.6) is 0 Å². The van der Waals surface area contributed by atoms with Crippen LogP contribution >= 0.6 is 0 Å². The Bertz CT molecular complexity index is 903. The third-order valence-electron chi connectivity index (χ3n) is 10.8. The first-order chi connectivity index (χ1) is 16.7. The smallest absolute Gasteiger partial charge is 0.372 e. The molecule has 0 radical (unpaired) electrons. The van der Waals surface area contributed by atoms with E-state index in [2.05, 4.69) is 61.2 Å². The Morgan fingerprint density at radius 1 is 1.06 bits per heavy atom. The maximum Gasteiger partial charge on any atom is 1.00 e. The van der Waals surface area contributed by atoms with Crippen LogP contribution in [0.1, 0.15) is 95.1 Å². The van der Waals surface area contributed by atoms with Gasteiger partial charge in [-0.25, -0.2) is 0 Å². The van der Waals surface area contributed by atoms with Gasteiger partial charge in [0.1, 0.15) is 0 Å². The normalized spacial score (nSPS) is 34.2. The van der Waals surface area contributed by atoms with E-state index in [1.54, 1.807) is 11.1 Å². The summed E-state index contributed by atoms with van der Waals surface area (Å²) in [6, 6.07) is 10.4. The molecule has 1 saturated heterocycles. The summed E-state index contributed by atoms with van der Waals surface area (Å²) < 4.78 is 0. The second-order valence-corrected chi connectivity index (χ2v) is 12.6. The summed E-state index contributed by atoms with van der Waals surface area (Å²) in [6.07, 6.45) is 23.3. The average molecular weight is 464 g/mol. The number of fused-ring (bicyclic) bond motifs is 2. The van der Waals surface area contributed by atoms with Gasteiger partial charge in [0.25, 0.3) is 0 Å². The molecule has 1 aromatic carbocycles. The summed E-state index contributed by atoms with van der Waals surface area (Å²) in [4.78, 5) is 2.69. The zero-order valence-electron chi connectivity index (χ0n) is 22.7. The van der Waals surface area contributed by atoms with Gasteiger partial charge in [-0.3, -0.25) is 0 Å². The van der Waals surface area contributed by atoms with Crippen molar-refractivity contribution in [2.24, 2.45) is 41.4 Å². The van der Waals surface area contributed by atoms with E-state index < -0.39 is 0 Å². The molecule has 1 aromatic rings. The van der Waals surface area contributed by atoms with Gasteiger partial charge in [0.05, 0.1) is 0 Å². The molecule has 0 aromatic heterocycles. The van der Waals surface area contributed by atoms with E-state index in [0.717, 1.165) is 41.4 Å². The molecule has 2 heteroatoms. The fraction of sp³-hybridized carbons (Fsp3) is 0.697. The third-order valence-corrected chi connectivity index (χ3v) is 10.8. The minimum absolute atomic E-state index is 0. The van der Waals surface area contributed by atoms with E-state index >= 15 is 0 Å². The van der Waals surface area contributed by atoms with E-state index in [4.69, 9.17) is 0 Å². The molecule has 2 saturated carbocycles. The number of allylic oxidation sites excluding steroid dienone is 3. The van der Waals surface area contributed by atoms with Crippen LogP contribution in [-0.4, -0.2) is 18.0 Å². The molecule has 4 aliphatic carbocycles. The second kappa shape index (κ2) is 11.2. The van der Waals surface area contributed by atoms with Crippen LogP contribution in [0.2, 0.25) is 0 Å². The van der Waals surface area contributed by atoms with Gasteiger partial charge in [0.15, 0.2) is 0 Å². The fourth-order valence-corrected chi connectivity index (χ4v) is 8.58. The Kier molecular flexibility index (Phi) is 8.26. The number of piperidine rings is 1. The van der Waals surface area contributed by atoms with E-state index in [9.17, 15) is 0 Å². The zero-order valence-corrected chi connectivity index (χ0v) is 22.7. The molecule has 0 bridgehead atoms. The molecule has 3 fully saturated rings. The Hall–Kier alpha value is -0.903. The molecule has 1 aliphatic heterocycles. The summed E-state index contributed by atoms with van der Waals surface area (Å²) >= 11 is 0. The van der Waals surface area contributed by atoms with Crippen LogP contribution < -0.4 is 18.9 Å². The van der Waals surface area contributed by atoms with Crippen molar-refractivity contribution in [3.8, 4) is 0 Å². The molecule has 4 unspecified atom stereocenters. The van der Waals surface area contributed by atoms with Gasteiger partial charge in [-0.05, 0) is 79.1 Å². The van der Waals surface area contributed by atoms with E-state index in [1.807, 2.05) is 0 Å². The average Bonchev–Trinajstić information content (AvgIpc) is 3.67. The summed E-state index contributed by atoms with van der Waals surface area (Å²) in [7, 11) is 0. The van der Waals surface area contributed by atoms with Crippen molar-refractivity contribution >= 4 is 0 Å². The Labute approximate surface area is 227 Å². The van der Waals surface area contributed by atoms with Crippen LogP contribution in [-0.2, 0) is 6.42 Å². The van der Waals surface area contributed by atoms with Crippen molar-refractivity contribution in [2.45, 2.75) is 90.4 Å². The van der Waals surface area contributed by atoms with Gasteiger partial charge in [0.2, 0.25) is 0 Å². The molecule has 0 spiro atoms. The Balaban J connectivity index is 0.00000253. The minimum atomic E-state index is 0. The summed E-state index contributed by atoms with van der Waals surface area (Å²) in [5, 5.41) is 0. The summed E-state index contributed by atoms with van der Waals surface area (Å²) in [5.41, 5.74) is 4.85. The van der Waals surface area contributed by atoms with Gasteiger partial charge in [-0.2, -0.15) is 35.4 Å². The fourth-order valence-electron chi connectivity index (χ4n) is 8.58. The topological polar surface area (TPSA) is 3.24 Å². The molecule has 6 atom stereocenters. The number of hydrogen-bond acceptors (Lipinski definition) is 1. The zero-order chi connectivity index (χ0) is 23.1. The van der Waals surface area contributed by atoms with E-state index in [1.165, 1.54) is 89.4 Å². The van der Waals surface area contributed by atoms with Gasteiger partial charge in [-0.15, -0.1) is 0 Å². The molecule has 1 heterocycles. The number of nitrogens with zero attached hydrogens (tertiary/aromatic N) is 1. The first-order valence-electron chi connectivity index (χ1n) is 14.8. The van der Waals surface area contributed by atoms with Gasteiger partial charge >= 0.3 is 18.9 Å². The van der Waals surface area contributed by atoms with Crippen LogP contribution in [0.4, 0.5) is 0 Å². The number of benzene rings is 1. The number of hydrogen-bond donors (Lipinski definition) is 0. The molecule has 184 valence electrons. The minimum Gasteiger partial charge on any atom is -0.372 e. The molecular weight excluding hydrogens is 417 g/mol. The molecule has 0 amide bonds. The number of rotatable bonds is 5. The summed E-state index contributed by atoms with van der Waals surface area (Å²) in [5.74, 6) is 7.02. The van der Waals surface area contributed by atoms with Crippen molar-refractivity contribution in [1.29, 1.82) is 0 Å². The van der Waals surface area contributed by atoms with Crippen molar-refractivity contribution in [3.05, 3.63) is 59.3 Å². The van der Waals surface area contributed by atoms with Gasteiger partial charge in [0, 0.05) is 18.8 Å². The SMILES string of the molecule is CCC(C)C1CCN(C2=CCC([C@@H]3c4cc[c-]cc4CC4CC4[C@H]3C3CCCCC3)C=C2)CC1.[Li+]. The number of likely N-dealkylation sites (tertiary alicyclic amines) is 1. The van der Waals surface area contributed by atoms with Gasteiger partial charge in [-0.1, -0.05) is 70.9 Å². The maximum atomic E-state index is 3.43. The molecule has 35 heavy (non-hydrogen) atoms. The predicted octanol–water partition coefficient (Wildman–Crippen LogP) is 5.18. The van der Waals surface area contributed by atoms with Crippen LogP contribution in [0.25, 0.3) is 0 Å². The second-order valence-electron chi connectivity index (χ2n) is 12.6. The predicted molar refractivity (Wildman–Crippen MR) is 142 cm³/mol. The Morgan fingerprint density at radius 3 is 2.57 bits per heavy atom. The van der Waals surface area contributed by atoms with Crippen molar-refractivity contribution in [2.75, 3.05) is 13.1 Å². The molecule has 6 rings (SSSR count). The molecule has 5 aliphatic rings. The standard InChI is InChI=1S/C33H46N.Li/c1-3-23(2)24-17-19-34(20-18-24)29-15-13-26(14-16-29)32-30-12-8-7-11-27(30)21-28-22-31(28)33(32)25-9-5-4-6-10-25;/h8,11-13,15-16,23-26,28,31-33H,3-6,9-10,14,17-22H2,1-2H3;/q-1;+1/t23?,26?,28?,31?,32-,33-;/m1./s1. The van der Waals surface area contributed by atoms with E-state index in [-0.39, 0.29) is 18.9 Å². The van der Waals surface area contributed by atoms with Crippen LogP contribution in [0.15, 0.2) is 42.1 Å². The summed E-state index contributed by atoms with van der Waals surface area (Å²) in [6.45, 7) is 7.33. The Morgan fingerprint density at radius 2 is 1.86 bits per heavy atom. The maximum absolute atomic E-state index is 3.43. The van der Waals surface area contributed by atoms with Gasteiger partial charge < -0.3 is 4.90 Å². The monoisotopic (exact) mass is 463 g/mol. The van der Waals surface area contributed by atoms with Crippen LogP contribution in [0, 0.1) is 47.5 Å². The first kappa shape index (κ1) is 25.7. The van der Waals surface area contributed by atoms with Crippen molar-refractivity contribution in [3.63, 3.8) is 0 Å². The van der Waals surface area contributed by atoms with Crippen LogP contribution in [0.3, 0.4) is 0 Å². The van der Waals surface area contributed by atoms with Crippen molar-refractivity contribution < 1.29 is 18.9 Å². The molecule has 1 nitrogen and oxygen atoms in total. The van der Waals surface area contributed by atoms with E-state index in [0.29, 0.717) is 5.92 Å². The third kappa shape index (κ3) is 5.25. The quantitative estimate of drug-likeness (QED) is 0.430.